The minimum Gasteiger partial charge on any atom is -0.492 e. The molecule has 0 bridgehead atoms. The fourth-order valence-corrected chi connectivity index (χ4v) is 3.79. The lowest BCUT2D eigenvalue weighted by Gasteiger charge is -2.34. The zero-order chi connectivity index (χ0) is 18.8. The van der Waals surface area contributed by atoms with Gasteiger partial charge in [-0.1, -0.05) is 11.6 Å². The van der Waals surface area contributed by atoms with Crippen molar-refractivity contribution in [2.75, 3.05) is 50.1 Å². The molecule has 0 aliphatic carbocycles. The van der Waals surface area contributed by atoms with E-state index in [9.17, 15) is 4.79 Å². The number of benzene rings is 2. The standard InChI is InChI=1S/C21H24ClN3O2/c1-24-8-10-25(11-9-24)19-5-3-18(4-6-19)23-21(26)16-12-15-13-17(22)2-7-20(15)27-14-16/h2-7,13,16H,8-12,14H2,1H3,(H,23,26). The van der Waals surface area contributed by atoms with E-state index in [-0.39, 0.29) is 11.8 Å². The maximum Gasteiger partial charge on any atom is 0.231 e. The van der Waals surface area contributed by atoms with E-state index >= 15 is 0 Å². The number of carbonyl (C=O) groups excluding carboxylic acids is 1. The number of rotatable bonds is 3. The second kappa shape index (κ2) is 7.79. The van der Waals surface area contributed by atoms with Gasteiger partial charge in [0.2, 0.25) is 5.91 Å². The van der Waals surface area contributed by atoms with Gasteiger partial charge in [-0.2, -0.15) is 0 Å². The molecule has 1 unspecified atom stereocenters. The molecule has 27 heavy (non-hydrogen) atoms. The predicted octanol–water partition coefficient (Wildman–Crippen LogP) is 3.28. The van der Waals surface area contributed by atoms with Crippen LogP contribution in [0.3, 0.4) is 0 Å². The minimum absolute atomic E-state index is 0.0204. The second-order valence-electron chi connectivity index (χ2n) is 7.29. The number of piperazine rings is 1. The summed E-state index contributed by atoms with van der Waals surface area (Å²) in [7, 11) is 2.15. The lowest BCUT2D eigenvalue weighted by molar-refractivity contribution is -0.121. The molecule has 1 amide bonds. The number of carbonyl (C=O) groups is 1. The molecule has 2 aliphatic heterocycles. The van der Waals surface area contributed by atoms with Crippen LogP contribution in [-0.2, 0) is 11.2 Å². The summed E-state index contributed by atoms with van der Waals surface area (Å²) in [4.78, 5) is 17.4. The van der Waals surface area contributed by atoms with E-state index in [4.69, 9.17) is 16.3 Å². The van der Waals surface area contributed by atoms with Crippen LogP contribution in [0.5, 0.6) is 5.75 Å². The molecular weight excluding hydrogens is 362 g/mol. The van der Waals surface area contributed by atoms with Crippen LogP contribution in [0, 0.1) is 5.92 Å². The number of hydrogen-bond acceptors (Lipinski definition) is 4. The third-order valence-corrected chi connectivity index (χ3v) is 5.54. The van der Waals surface area contributed by atoms with Crippen molar-refractivity contribution in [3.05, 3.63) is 53.1 Å². The summed E-state index contributed by atoms with van der Waals surface area (Å²) in [5.74, 6) is 0.584. The number of fused-ring (bicyclic) bond motifs is 1. The van der Waals surface area contributed by atoms with Crippen LogP contribution in [0.25, 0.3) is 0 Å². The summed E-state index contributed by atoms with van der Waals surface area (Å²) < 4.78 is 5.73. The van der Waals surface area contributed by atoms with Gasteiger partial charge in [-0.15, -0.1) is 0 Å². The van der Waals surface area contributed by atoms with Gasteiger partial charge >= 0.3 is 0 Å². The first-order chi connectivity index (χ1) is 13.1. The first-order valence-electron chi connectivity index (χ1n) is 9.34. The maximum absolute atomic E-state index is 12.6. The summed E-state index contributed by atoms with van der Waals surface area (Å²) in [6.07, 6.45) is 0.640. The first kappa shape index (κ1) is 18.1. The molecule has 142 valence electrons. The van der Waals surface area contributed by atoms with Crippen molar-refractivity contribution in [2.45, 2.75) is 6.42 Å². The normalized spacial score (nSPS) is 19.9. The molecule has 1 atom stereocenters. The largest absolute Gasteiger partial charge is 0.492 e. The van der Waals surface area contributed by atoms with Crippen LogP contribution in [0.2, 0.25) is 5.02 Å². The quantitative estimate of drug-likeness (QED) is 0.880. The number of halogens is 1. The molecule has 2 aromatic carbocycles. The number of nitrogens with zero attached hydrogens (tertiary/aromatic N) is 2. The van der Waals surface area contributed by atoms with Crippen molar-refractivity contribution < 1.29 is 9.53 Å². The Morgan fingerprint density at radius 1 is 1.11 bits per heavy atom. The number of nitrogens with one attached hydrogen (secondary N) is 1. The smallest absolute Gasteiger partial charge is 0.231 e. The van der Waals surface area contributed by atoms with Crippen LogP contribution >= 0.6 is 11.6 Å². The van der Waals surface area contributed by atoms with E-state index in [1.54, 1.807) is 0 Å². The Kier molecular flexibility index (Phi) is 5.23. The Morgan fingerprint density at radius 2 is 1.85 bits per heavy atom. The molecule has 2 heterocycles. The summed E-state index contributed by atoms with van der Waals surface area (Å²) in [5.41, 5.74) is 3.00. The number of hydrogen-bond donors (Lipinski definition) is 1. The third-order valence-electron chi connectivity index (χ3n) is 5.30. The SMILES string of the molecule is CN1CCN(c2ccc(NC(=O)C3COc4ccc(Cl)cc4C3)cc2)CC1. The zero-order valence-electron chi connectivity index (χ0n) is 15.5. The number of likely N-dealkylation sites (N-methyl/N-ethyl adjacent to an activating group) is 1. The van der Waals surface area contributed by atoms with Crippen LogP contribution < -0.4 is 15.0 Å². The molecule has 1 N–H and O–H groups in total. The molecular formula is C21H24ClN3O2. The zero-order valence-corrected chi connectivity index (χ0v) is 16.2. The summed E-state index contributed by atoms with van der Waals surface area (Å²) in [5, 5.41) is 3.68. The Hall–Kier alpha value is -2.24. The molecule has 4 rings (SSSR count). The average Bonchev–Trinajstić information content (AvgIpc) is 2.68. The van der Waals surface area contributed by atoms with Crippen molar-refractivity contribution >= 4 is 28.9 Å². The highest BCUT2D eigenvalue weighted by Gasteiger charge is 2.26. The van der Waals surface area contributed by atoms with Gasteiger partial charge in [-0.05, 0) is 61.5 Å². The number of amides is 1. The number of ether oxygens (including phenoxy) is 1. The molecule has 0 aromatic heterocycles. The highest BCUT2D eigenvalue weighted by molar-refractivity contribution is 6.30. The molecule has 1 fully saturated rings. The van der Waals surface area contributed by atoms with Gasteiger partial charge in [0, 0.05) is 42.6 Å². The van der Waals surface area contributed by atoms with E-state index in [0.29, 0.717) is 18.1 Å². The van der Waals surface area contributed by atoms with E-state index in [0.717, 1.165) is 43.2 Å². The maximum atomic E-state index is 12.6. The van der Waals surface area contributed by atoms with Gasteiger partial charge in [0.25, 0.3) is 0 Å². The topological polar surface area (TPSA) is 44.8 Å². The van der Waals surface area contributed by atoms with Crippen LogP contribution in [0.4, 0.5) is 11.4 Å². The monoisotopic (exact) mass is 385 g/mol. The summed E-state index contributed by atoms with van der Waals surface area (Å²) in [6.45, 7) is 4.60. The van der Waals surface area contributed by atoms with E-state index in [2.05, 4.69) is 34.3 Å². The van der Waals surface area contributed by atoms with Gasteiger partial charge in [0.1, 0.15) is 12.4 Å². The van der Waals surface area contributed by atoms with Crippen molar-refractivity contribution in [1.29, 1.82) is 0 Å². The van der Waals surface area contributed by atoms with Gasteiger partial charge in [0.05, 0.1) is 5.92 Å². The average molecular weight is 386 g/mol. The fraction of sp³-hybridized carbons (Fsp3) is 0.381. The van der Waals surface area contributed by atoms with Crippen molar-refractivity contribution in [3.63, 3.8) is 0 Å². The van der Waals surface area contributed by atoms with Crippen molar-refractivity contribution in [2.24, 2.45) is 5.92 Å². The van der Waals surface area contributed by atoms with Crippen molar-refractivity contribution in [1.82, 2.24) is 4.90 Å². The number of anilines is 2. The molecule has 0 spiro atoms. The predicted molar refractivity (Wildman–Crippen MR) is 109 cm³/mol. The minimum atomic E-state index is -0.215. The van der Waals surface area contributed by atoms with Gasteiger partial charge in [-0.3, -0.25) is 4.79 Å². The fourth-order valence-electron chi connectivity index (χ4n) is 3.60. The third kappa shape index (κ3) is 4.20. The van der Waals surface area contributed by atoms with Crippen LogP contribution in [-0.4, -0.2) is 50.6 Å². The Balaban J connectivity index is 1.37. The highest BCUT2D eigenvalue weighted by atomic mass is 35.5. The van der Waals surface area contributed by atoms with E-state index < -0.39 is 0 Å². The Labute approximate surface area is 164 Å². The molecule has 2 aromatic rings. The lowest BCUT2D eigenvalue weighted by Crippen LogP contribution is -2.44. The van der Waals surface area contributed by atoms with Crippen LogP contribution in [0.15, 0.2) is 42.5 Å². The van der Waals surface area contributed by atoms with Crippen molar-refractivity contribution in [3.8, 4) is 5.75 Å². The molecule has 5 nitrogen and oxygen atoms in total. The van der Waals surface area contributed by atoms with Gasteiger partial charge in [-0.25, -0.2) is 0 Å². The van der Waals surface area contributed by atoms with E-state index in [1.807, 2.05) is 30.3 Å². The summed E-state index contributed by atoms with van der Waals surface area (Å²) in [6, 6.07) is 13.6. The van der Waals surface area contributed by atoms with Gasteiger partial charge < -0.3 is 19.9 Å². The van der Waals surface area contributed by atoms with Gasteiger partial charge in [0.15, 0.2) is 0 Å². The van der Waals surface area contributed by atoms with E-state index in [1.165, 1.54) is 5.69 Å². The lowest BCUT2D eigenvalue weighted by atomic mass is 9.96. The Bertz CT molecular complexity index is 817. The second-order valence-corrected chi connectivity index (χ2v) is 7.73. The molecule has 0 saturated carbocycles. The molecule has 0 radical (unpaired) electrons. The molecule has 2 aliphatic rings. The highest BCUT2D eigenvalue weighted by Crippen LogP contribution is 2.30. The molecule has 6 heteroatoms. The summed E-state index contributed by atoms with van der Waals surface area (Å²) >= 11 is 6.06. The first-order valence-corrected chi connectivity index (χ1v) is 9.72. The van der Waals surface area contributed by atoms with Crippen LogP contribution in [0.1, 0.15) is 5.56 Å². The Morgan fingerprint density at radius 3 is 2.59 bits per heavy atom. The molecule has 1 saturated heterocycles.